The molecule has 0 unspecified atom stereocenters. The number of hydrogen-bond acceptors (Lipinski definition) is 6. The van der Waals surface area contributed by atoms with Crippen molar-refractivity contribution in [3.63, 3.8) is 0 Å². The lowest BCUT2D eigenvalue weighted by molar-refractivity contribution is 1.21. The van der Waals surface area contributed by atoms with E-state index in [1.807, 2.05) is 146 Å². The monoisotopic (exact) mass is 848 g/mol. The van der Waals surface area contributed by atoms with Gasteiger partial charge >= 0.3 is 0 Å². The van der Waals surface area contributed by atoms with E-state index in [9.17, 15) is 0 Å². The highest BCUT2D eigenvalue weighted by Gasteiger charge is 2.25. The van der Waals surface area contributed by atoms with Crippen LogP contribution in [0.2, 0.25) is 0 Å². The molecule has 3 aliphatic rings. The zero-order chi connectivity index (χ0) is 44.1. The van der Waals surface area contributed by atoms with Crippen molar-refractivity contribution in [1.29, 1.82) is 0 Å². The number of rotatable bonds is 8. The second-order valence-electron chi connectivity index (χ2n) is 15.7. The fourth-order valence-electron chi connectivity index (χ4n) is 8.35. The lowest BCUT2D eigenvalue weighted by atomic mass is 10.0. The van der Waals surface area contributed by atoms with Gasteiger partial charge in [0.15, 0.2) is 0 Å². The minimum absolute atomic E-state index is 0.590. The highest BCUT2D eigenvalue weighted by atomic mass is 15.2. The molecule has 8 nitrogen and oxygen atoms in total. The topological polar surface area (TPSA) is 106 Å². The summed E-state index contributed by atoms with van der Waals surface area (Å²) in [5, 5.41) is 20.2. The third-order valence-electron chi connectivity index (χ3n) is 11.5. The molecule has 6 aromatic carbocycles. The predicted molar refractivity (Wildman–Crippen MR) is 270 cm³/mol. The molecule has 0 amide bonds. The van der Waals surface area contributed by atoms with Gasteiger partial charge < -0.3 is 9.97 Å². The third-order valence-corrected chi connectivity index (χ3v) is 11.5. The van der Waals surface area contributed by atoms with Crippen LogP contribution in [0, 0.1) is 0 Å². The summed E-state index contributed by atoms with van der Waals surface area (Å²) in [5.41, 5.74) is 16.4. The van der Waals surface area contributed by atoms with Gasteiger partial charge in [-0.1, -0.05) is 182 Å². The van der Waals surface area contributed by atoms with E-state index in [1.54, 1.807) is 0 Å². The number of aliphatic imine (C=N–C) groups is 2. The van der Waals surface area contributed by atoms with E-state index < -0.39 is 0 Å². The standard InChI is InChI=1S/C58H40N8/c1-7-19-39(20-8-1)53-45-31-35-49(59-45)57(65-63-55(41-23-11-3-12-24-41)42-25-13-4-14-26-42)51-37-33-47(61-51)54(40-21-9-2-10-22-40)48-34-38-52(62-48)58(50-36-32-46(53)60-50)66-64-56(43-27-15-5-16-28-43)44-29-17-6-18-30-44/h1-38,59,62H/b53-46?,54-47?,65-57-,66-58+. The van der Waals surface area contributed by atoms with Crippen LogP contribution in [-0.4, -0.2) is 44.2 Å². The fraction of sp³-hybridized carbons (Fsp3) is 0. The molecule has 0 spiro atoms. The van der Waals surface area contributed by atoms with Crippen molar-refractivity contribution in [1.82, 2.24) is 9.97 Å². The summed E-state index contributed by atoms with van der Waals surface area (Å²) in [6, 6.07) is 69.4. The van der Waals surface area contributed by atoms with Crippen LogP contribution in [0.25, 0.3) is 11.1 Å². The quantitative estimate of drug-likeness (QED) is 0.112. The van der Waals surface area contributed by atoms with E-state index in [2.05, 4.69) is 94.9 Å². The molecular weight excluding hydrogens is 809 g/mol. The fourth-order valence-corrected chi connectivity index (χ4v) is 8.35. The summed E-state index contributed by atoms with van der Waals surface area (Å²) in [7, 11) is 0. The molecule has 0 aliphatic carbocycles. The van der Waals surface area contributed by atoms with Crippen LogP contribution in [0.1, 0.15) is 56.2 Å². The van der Waals surface area contributed by atoms with Gasteiger partial charge in [0.1, 0.15) is 22.8 Å². The van der Waals surface area contributed by atoms with Gasteiger partial charge in [-0.2, -0.15) is 0 Å². The van der Waals surface area contributed by atoms with Gasteiger partial charge in [-0.25, -0.2) is 9.98 Å². The summed E-state index contributed by atoms with van der Waals surface area (Å²) in [6.45, 7) is 0. The number of hydrogen-bond donors (Lipinski definition) is 2. The molecule has 0 saturated heterocycles. The van der Waals surface area contributed by atoms with Crippen molar-refractivity contribution >= 4 is 45.4 Å². The summed E-state index contributed by atoms with van der Waals surface area (Å²) in [6.07, 6.45) is 8.13. The van der Waals surface area contributed by atoms with E-state index in [4.69, 9.17) is 30.4 Å². The lowest BCUT2D eigenvalue weighted by Gasteiger charge is -2.11. The number of allylic oxidation sites excluding steroid dienone is 4. The van der Waals surface area contributed by atoms with E-state index in [1.165, 1.54) is 0 Å². The smallest absolute Gasteiger partial charge is 0.135 e. The number of H-pyrrole nitrogens is 2. The van der Waals surface area contributed by atoms with Crippen molar-refractivity contribution < 1.29 is 0 Å². The SMILES string of the molecule is C1=CC2=C(c3ccccc3)c3ccc([nH]3)/C(=N/N=C(c3ccccc3)c3ccccc3)C3=NC(=C(c4ccccc4)c4ccc([nH]4)/C(=N/N=C(c4ccccc4)c4ccccc4)C1=N2)C=C3. The summed E-state index contributed by atoms with van der Waals surface area (Å²) < 4.78 is 0. The Balaban J connectivity index is 1.16. The Labute approximate surface area is 382 Å². The largest absolute Gasteiger partial charge is 0.353 e. The van der Waals surface area contributed by atoms with Crippen LogP contribution in [0.5, 0.6) is 0 Å². The second-order valence-corrected chi connectivity index (χ2v) is 15.7. The molecule has 2 N–H and O–H groups in total. The number of nitrogens with one attached hydrogen (secondary N) is 2. The van der Waals surface area contributed by atoms with Crippen molar-refractivity contribution in [3.05, 3.63) is 298 Å². The van der Waals surface area contributed by atoms with Gasteiger partial charge in [0.2, 0.25) is 0 Å². The molecule has 0 radical (unpaired) electrons. The zero-order valence-corrected chi connectivity index (χ0v) is 35.6. The maximum Gasteiger partial charge on any atom is 0.135 e. The Bertz CT molecular complexity index is 3080. The minimum atomic E-state index is 0.590. The van der Waals surface area contributed by atoms with Crippen LogP contribution in [-0.2, 0) is 0 Å². The first-order valence-electron chi connectivity index (χ1n) is 21.8. The van der Waals surface area contributed by atoms with Gasteiger partial charge in [-0.05, 0) is 59.7 Å². The average molecular weight is 849 g/mol. The first-order valence-corrected chi connectivity index (χ1v) is 21.8. The van der Waals surface area contributed by atoms with E-state index in [0.29, 0.717) is 22.8 Å². The minimum Gasteiger partial charge on any atom is -0.353 e. The molecule has 312 valence electrons. The number of nitrogens with zero attached hydrogens (tertiary/aromatic N) is 6. The van der Waals surface area contributed by atoms with Crippen LogP contribution in [0.3, 0.4) is 0 Å². The third kappa shape index (κ3) is 8.02. The summed E-state index contributed by atoms with van der Waals surface area (Å²) in [5.74, 6) is 0. The van der Waals surface area contributed by atoms with Gasteiger partial charge in [-0.3, -0.25) is 0 Å². The molecule has 66 heavy (non-hydrogen) atoms. The Morgan fingerprint density at radius 2 is 0.621 bits per heavy atom. The van der Waals surface area contributed by atoms with Crippen LogP contribution < -0.4 is 0 Å². The molecule has 2 aromatic heterocycles. The van der Waals surface area contributed by atoms with E-state index in [0.717, 1.165) is 90.1 Å². The lowest BCUT2D eigenvalue weighted by Crippen LogP contribution is -2.14. The molecule has 0 saturated carbocycles. The maximum atomic E-state index is 5.36. The molecule has 0 atom stereocenters. The Hall–Kier alpha value is -9.14. The highest BCUT2D eigenvalue weighted by molar-refractivity contribution is 6.53. The number of benzene rings is 6. The number of aromatic amines is 2. The first-order chi connectivity index (χ1) is 32.7. The Morgan fingerprint density at radius 1 is 0.318 bits per heavy atom. The Morgan fingerprint density at radius 3 is 0.955 bits per heavy atom. The molecule has 11 rings (SSSR count). The van der Waals surface area contributed by atoms with E-state index in [-0.39, 0.29) is 0 Å². The molecule has 3 aliphatic heterocycles. The number of fused-ring (bicyclic) bond motifs is 6. The molecule has 8 heteroatoms. The predicted octanol–water partition coefficient (Wildman–Crippen LogP) is 12.1. The van der Waals surface area contributed by atoms with Crippen molar-refractivity contribution in [2.45, 2.75) is 0 Å². The maximum absolute atomic E-state index is 5.36. The van der Waals surface area contributed by atoms with Crippen LogP contribution >= 0.6 is 0 Å². The molecule has 5 heterocycles. The van der Waals surface area contributed by atoms with E-state index >= 15 is 0 Å². The van der Waals surface area contributed by atoms with Crippen LogP contribution in [0.4, 0.5) is 0 Å². The second kappa shape index (κ2) is 17.9. The normalized spacial score (nSPS) is 15.3. The van der Waals surface area contributed by atoms with Crippen LogP contribution in [0.15, 0.2) is 272 Å². The van der Waals surface area contributed by atoms with Crippen molar-refractivity contribution in [3.8, 4) is 0 Å². The van der Waals surface area contributed by atoms with Crippen molar-refractivity contribution in [2.75, 3.05) is 0 Å². The van der Waals surface area contributed by atoms with Gasteiger partial charge in [0, 0.05) is 44.8 Å². The summed E-state index contributed by atoms with van der Waals surface area (Å²) in [4.78, 5) is 18.2. The average Bonchev–Trinajstić information content (AvgIpc) is 4.24. The summed E-state index contributed by atoms with van der Waals surface area (Å²) >= 11 is 0. The Kier molecular flexibility index (Phi) is 10.8. The van der Waals surface area contributed by atoms with Crippen molar-refractivity contribution in [2.24, 2.45) is 30.4 Å². The molecular formula is C58H40N8. The zero-order valence-electron chi connectivity index (χ0n) is 35.6. The highest BCUT2D eigenvalue weighted by Crippen LogP contribution is 2.34. The number of aromatic nitrogens is 2. The first kappa shape index (κ1) is 39.7. The molecule has 8 bridgehead atoms. The van der Waals surface area contributed by atoms with Gasteiger partial charge in [0.05, 0.1) is 34.2 Å². The molecule has 8 aromatic rings. The van der Waals surface area contributed by atoms with Gasteiger partial charge in [0.25, 0.3) is 0 Å². The van der Waals surface area contributed by atoms with Gasteiger partial charge in [-0.15, -0.1) is 20.4 Å². The molecule has 0 fully saturated rings.